The Morgan fingerprint density at radius 3 is 2.92 bits per heavy atom. The van der Waals surface area contributed by atoms with Crippen LogP contribution in [0.3, 0.4) is 0 Å². The fourth-order valence-corrected chi connectivity index (χ4v) is 4.66. The Kier molecular flexibility index (Phi) is 8.05. The van der Waals surface area contributed by atoms with E-state index in [2.05, 4.69) is 10.3 Å². The quantitative estimate of drug-likeness (QED) is 0.580. The van der Waals surface area contributed by atoms with Gasteiger partial charge in [0, 0.05) is 63.3 Å². The number of aliphatic hydroxyl groups excluding tert-OH is 1. The number of aliphatic hydroxyl groups is 1. The second-order valence-corrected chi connectivity index (χ2v) is 9.87. The first-order valence-electron chi connectivity index (χ1n) is 12.5. The number of amides is 2. The average molecular weight is 497 g/mol. The molecule has 0 unspecified atom stereocenters. The van der Waals surface area contributed by atoms with E-state index in [9.17, 15) is 14.7 Å². The van der Waals surface area contributed by atoms with Crippen molar-refractivity contribution in [1.82, 2.24) is 29.4 Å². The molecule has 4 rings (SSSR count). The molecule has 36 heavy (non-hydrogen) atoms. The Morgan fingerprint density at radius 1 is 1.33 bits per heavy atom. The molecule has 1 aromatic carbocycles. The third-order valence-electron chi connectivity index (χ3n) is 6.98. The first kappa shape index (κ1) is 25.8. The largest absolute Gasteiger partial charge is 0.394 e. The zero-order valence-electron chi connectivity index (χ0n) is 21.5. The second-order valence-electron chi connectivity index (χ2n) is 9.87. The van der Waals surface area contributed by atoms with Crippen molar-refractivity contribution in [2.45, 2.75) is 52.0 Å². The SMILES string of the molecule is C[C@@H]1CN([C@H](C)CO)C(=O)CCCn2cc(nn2)CO[C@@H]1CN(C)C(=O)c1ccc2ccn(C)c2c1. The molecule has 0 saturated carbocycles. The molecule has 0 fully saturated rings. The predicted molar refractivity (Wildman–Crippen MR) is 135 cm³/mol. The van der Waals surface area contributed by atoms with E-state index in [0.717, 1.165) is 10.9 Å². The lowest BCUT2D eigenvalue weighted by atomic mass is 10.0. The monoisotopic (exact) mass is 496 g/mol. The fraction of sp³-hybridized carbons (Fsp3) is 0.538. The molecule has 0 aliphatic carbocycles. The van der Waals surface area contributed by atoms with Crippen LogP contribution in [0.25, 0.3) is 10.9 Å². The van der Waals surface area contributed by atoms with Crippen molar-refractivity contribution in [3.63, 3.8) is 0 Å². The molecule has 10 heteroatoms. The van der Waals surface area contributed by atoms with Gasteiger partial charge < -0.3 is 24.2 Å². The maximum atomic E-state index is 13.3. The highest BCUT2D eigenvalue weighted by Gasteiger charge is 2.29. The lowest BCUT2D eigenvalue weighted by Crippen LogP contribution is -2.47. The minimum absolute atomic E-state index is 0.0120. The Morgan fingerprint density at radius 2 is 2.14 bits per heavy atom. The Labute approximate surface area is 211 Å². The van der Waals surface area contributed by atoms with Crippen LogP contribution in [0.1, 0.15) is 42.7 Å². The number of aromatic nitrogens is 4. The number of rotatable bonds is 5. The van der Waals surface area contributed by atoms with E-state index in [0.29, 0.717) is 43.7 Å². The summed E-state index contributed by atoms with van der Waals surface area (Å²) in [6.07, 6.45) is 4.45. The molecule has 3 heterocycles. The Balaban J connectivity index is 1.55. The molecule has 0 radical (unpaired) electrons. The van der Waals surface area contributed by atoms with E-state index in [-0.39, 0.29) is 43.1 Å². The second kappa shape index (κ2) is 11.2. The van der Waals surface area contributed by atoms with Gasteiger partial charge in [-0.1, -0.05) is 18.2 Å². The van der Waals surface area contributed by atoms with Gasteiger partial charge in [-0.15, -0.1) is 5.10 Å². The molecule has 2 amide bonds. The highest BCUT2D eigenvalue weighted by atomic mass is 16.5. The van der Waals surface area contributed by atoms with Gasteiger partial charge in [0.1, 0.15) is 5.69 Å². The normalized spacial score (nSPS) is 20.5. The van der Waals surface area contributed by atoms with Crippen molar-refractivity contribution in [1.29, 1.82) is 0 Å². The third-order valence-corrected chi connectivity index (χ3v) is 6.98. The van der Waals surface area contributed by atoms with E-state index >= 15 is 0 Å². The summed E-state index contributed by atoms with van der Waals surface area (Å²) < 4.78 is 10.00. The van der Waals surface area contributed by atoms with Crippen molar-refractivity contribution < 1.29 is 19.4 Å². The van der Waals surface area contributed by atoms with Gasteiger partial charge in [0.05, 0.1) is 31.6 Å². The van der Waals surface area contributed by atoms with Gasteiger partial charge in [-0.05, 0) is 36.9 Å². The van der Waals surface area contributed by atoms with Crippen molar-refractivity contribution in [2.24, 2.45) is 13.0 Å². The summed E-state index contributed by atoms with van der Waals surface area (Å²) in [6.45, 7) is 5.35. The number of fused-ring (bicyclic) bond motifs is 3. The summed E-state index contributed by atoms with van der Waals surface area (Å²) in [5, 5.41) is 19.2. The van der Waals surface area contributed by atoms with E-state index in [1.165, 1.54) is 0 Å². The first-order valence-corrected chi connectivity index (χ1v) is 12.5. The maximum absolute atomic E-state index is 13.3. The first-order chi connectivity index (χ1) is 17.3. The van der Waals surface area contributed by atoms with Crippen molar-refractivity contribution >= 4 is 22.7 Å². The highest BCUT2D eigenvalue weighted by molar-refractivity contribution is 5.98. The molecule has 1 N–H and O–H groups in total. The van der Waals surface area contributed by atoms with Crippen molar-refractivity contribution in [3.05, 3.63) is 47.9 Å². The fourth-order valence-electron chi connectivity index (χ4n) is 4.66. The lowest BCUT2D eigenvalue weighted by molar-refractivity contribution is -0.136. The number of carbonyl (C=O) groups is 2. The van der Waals surface area contributed by atoms with Crippen LogP contribution < -0.4 is 0 Å². The Hall–Kier alpha value is -3.24. The highest BCUT2D eigenvalue weighted by Crippen LogP contribution is 2.20. The summed E-state index contributed by atoms with van der Waals surface area (Å²) in [6, 6.07) is 7.42. The van der Waals surface area contributed by atoms with Crippen LogP contribution in [0.5, 0.6) is 0 Å². The van der Waals surface area contributed by atoms with Crippen LogP contribution in [0.4, 0.5) is 0 Å². The zero-order valence-corrected chi connectivity index (χ0v) is 21.5. The molecule has 1 aliphatic heterocycles. The van der Waals surface area contributed by atoms with Crippen LogP contribution in [-0.2, 0) is 29.7 Å². The summed E-state index contributed by atoms with van der Waals surface area (Å²) in [5.41, 5.74) is 2.32. The van der Waals surface area contributed by atoms with Crippen molar-refractivity contribution in [2.75, 3.05) is 26.7 Å². The van der Waals surface area contributed by atoms with Crippen LogP contribution in [-0.4, -0.2) is 85.2 Å². The van der Waals surface area contributed by atoms with E-state index in [1.807, 2.05) is 62.1 Å². The van der Waals surface area contributed by atoms with Gasteiger partial charge in [-0.25, -0.2) is 0 Å². The Bertz CT molecular complexity index is 1200. The van der Waals surface area contributed by atoms with Crippen LogP contribution in [0.2, 0.25) is 0 Å². The summed E-state index contributed by atoms with van der Waals surface area (Å²) in [5.74, 6) is -0.203. The third kappa shape index (κ3) is 5.76. The van der Waals surface area contributed by atoms with E-state index in [4.69, 9.17) is 4.74 Å². The van der Waals surface area contributed by atoms with Crippen LogP contribution in [0.15, 0.2) is 36.7 Å². The molecule has 3 aromatic rings. The molecule has 1 aliphatic rings. The number of aryl methyl sites for hydroxylation is 2. The topological polar surface area (TPSA) is 106 Å². The van der Waals surface area contributed by atoms with Crippen LogP contribution >= 0.6 is 0 Å². The van der Waals surface area contributed by atoms with Gasteiger partial charge in [0.15, 0.2) is 0 Å². The molecule has 2 bridgehead atoms. The minimum atomic E-state index is -0.357. The van der Waals surface area contributed by atoms with Gasteiger partial charge in [0.2, 0.25) is 5.91 Å². The molecule has 0 spiro atoms. The van der Waals surface area contributed by atoms with Gasteiger partial charge >= 0.3 is 0 Å². The van der Waals surface area contributed by atoms with E-state index < -0.39 is 0 Å². The zero-order chi connectivity index (χ0) is 25.8. The van der Waals surface area contributed by atoms with Crippen molar-refractivity contribution in [3.8, 4) is 0 Å². The average Bonchev–Trinajstić information content (AvgIpc) is 3.49. The molecular weight excluding hydrogens is 460 g/mol. The lowest BCUT2D eigenvalue weighted by Gasteiger charge is -2.35. The number of nitrogens with zero attached hydrogens (tertiary/aromatic N) is 6. The number of ether oxygens (including phenoxy) is 1. The number of likely N-dealkylation sites (N-methyl/N-ethyl adjacent to an activating group) is 1. The molecule has 10 nitrogen and oxygen atoms in total. The standard InChI is InChI=1S/C26H36N6O4/c1-18-13-32(19(2)16-33)25(34)6-5-10-31-14-22(27-28-31)17-36-24(18)15-30(4)26(35)21-8-7-20-9-11-29(3)23(20)12-21/h7-9,11-12,14,18-19,24,33H,5-6,10,13,15-17H2,1-4H3/t18-,19-,24-/m1/s1. The predicted octanol–water partition coefficient (Wildman–Crippen LogP) is 2.07. The number of hydrogen-bond acceptors (Lipinski definition) is 6. The minimum Gasteiger partial charge on any atom is -0.394 e. The summed E-state index contributed by atoms with van der Waals surface area (Å²) >= 11 is 0. The number of benzene rings is 1. The summed E-state index contributed by atoms with van der Waals surface area (Å²) in [4.78, 5) is 29.8. The molecular formula is C26H36N6O4. The maximum Gasteiger partial charge on any atom is 0.253 e. The summed E-state index contributed by atoms with van der Waals surface area (Å²) in [7, 11) is 3.73. The molecule has 2 aromatic heterocycles. The van der Waals surface area contributed by atoms with Gasteiger partial charge in [-0.2, -0.15) is 0 Å². The molecule has 3 atom stereocenters. The molecule has 0 saturated heterocycles. The van der Waals surface area contributed by atoms with Gasteiger partial charge in [-0.3, -0.25) is 14.3 Å². The number of carbonyl (C=O) groups excluding carboxylic acids is 2. The number of hydrogen-bond donors (Lipinski definition) is 1. The smallest absolute Gasteiger partial charge is 0.253 e. The molecule has 194 valence electrons. The van der Waals surface area contributed by atoms with E-state index in [1.54, 1.807) is 21.5 Å². The van der Waals surface area contributed by atoms with Crippen LogP contribution in [0, 0.1) is 5.92 Å². The van der Waals surface area contributed by atoms with Gasteiger partial charge in [0.25, 0.3) is 5.91 Å².